The number of thiophene rings is 1. The van der Waals surface area contributed by atoms with Gasteiger partial charge in [-0.15, -0.1) is 11.3 Å². The maximum atomic E-state index is 13.8. The minimum Gasteiger partial charge on any atom is -0.497 e. The average Bonchev–Trinajstić information content (AvgIpc) is 3.45. The molecule has 1 saturated carbocycles. The summed E-state index contributed by atoms with van der Waals surface area (Å²) in [4.78, 5) is 32.0. The molecule has 1 aromatic carbocycles. The van der Waals surface area contributed by atoms with E-state index in [1.165, 1.54) is 0 Å². The first-order valence-electron chi connectivity index (χ1n) is 12.8. The predicted molar refractivity (Wildman–Crippen MR) is 141 cm³/mol. The van der Waals surface area contributed by atoms with Crippen molar-refractivity contribution in [1.29, 1.82) is 0 Å². The molecule has 9 nitrogen and oxygen atoms in total. The number of morpholine rings is 1. The molecule has 5 rings (SSSR count). The SMILES string of the molecule is COc1ccc(OC)c(C2CC(c3cccs3)=NN2C(=O)CN(CCN2CCOCC2)C(=O)C2CC2)c1. The first kappa shape index (κ1) is 25.7. The molecule has 0 radical (unpaired) electrons. The lowest BCUT2D eigenvalue weighted by Crippen LogP contribution is -2.47. The molecular formula is C27H34N4O5S. The van der Waals surface area contributed by atoms with E-state index in [9.17, 15) is 9.59 Å². The van der Waals surface area contributed by atoms with E-state index < -0.39 is 0 Å². The molecule has 0 bridgehead atoms. The van der Waals surface area contributed by atoms with Crippen molar-refractivity contribution >= 4 is 28.9 Å². The summed E-state index contributed by atoms with van der Waals surface area (Å²) in [6, 6.07) is 9.24. The van der Waals surface area contributed by atoms with Gasteiger partial charge in [0.2, 0.25) is 5.91 Å². The standard InChI is InChI=1S/C27H34N4O5S/c1-34-20-7-8-24(35-2)21(16-20)23-17-22(25-4-3-15-37-25)28-31(23)26(32)18-30(27(33)19-5-6-19)10-9-29-11-13-36-14-12-29/h3-4,7-8,15-16,19,23H,5-6,9-14,17-18H2,1-2H3. The van der Waals surface area contributed by atoms with Crippen LogP contribution in [0.25, 0.3) is 0 Å². The smallest absolute Gasteiger partial charge is 0.262 e. The molecule has 2 fully saturated rings. The zero-order valence-electron chi connectivity index (χ0n) is 21.4. The maximum Gasteiger partial charge on any atom is 0.262 e. The van der Waals surface area contributed by atoms with Gasteiger partial charge in [-0.3, -0.25) is 14.5 Å². The third kappa shape index (κ3) is 5.97. The molecule has 3 heterocycles. The number of hydrazone groups is 1. The second-order valence-electron chi connectivity index (χ2n) is 9.58. The first-order chi connectivity index (χ1) is 18.1. The van der Waals surface area contributed by atoms with Gasteiger partial charge in [0.25, 0.3) is 5.91 Å². The van der Waals surface area contributed by atoms with Gasteiger partial charge in [-0.05, 0) is 42.5 Å². The van der Waals surface area contributed by atoms with Gasteiger partial charge >= 0.3 is 0 Å². The fourth-order valence-electron chi connectivity index (χ4n) is 4.85. The molecule has 198 valence electrons. The van der Waals surface area contributed by atoms with E-state index in [0.717, 1.165) is 48.6 Å². The Kier molecular flexibility index (Phi) is 8.07. The van der Waals surface area contributed by atoms with Gasteiger partial charge in [0, 0.05) is 44.1 Å². The van der Waals surface area contributed by atoms with Crippen LogP contribution in [0, 0.1) is 5.92 Å². The molecule has 2 aliphatic heterocycles. The predicted octanol–water partition coefficient (Wildman–Crippen LogP) is 3.01. The second kappa shape index (κ2) is 11.6. The van der Waals surface area contributed by atoms with Crippen molar-refractivity contribution in [2.24, 2.45) is 11.0 Å². The number of carbonyl (C=O) groups excluding carboxylic acids is 2. The summed E-state index contributed by atoms with van der Waals surface area (Å²) in [5, 5.41) is 8.35. The quantitative estimate of drug-likeness (QED) is 0.473. The van der Waals surface area contributed by atoms with Gasteiger partial charge in [0.1, 0.15) is 18.0 Å². The van der Waals surface area contributed by atoms with Crippen LogP contribution in [0.15, 0.2) is 40.8 Å². The number of benzene rings is 1. The van der Waals surface area contributed by atoms with Gasteiger partial charge in [0.05, 0.1) is 44.1 Å². The Hall–Kier alpha value is -2.95. The van der Waals surface area contributed by atoms with Gasteiger partial charge in [-0.1, -0.05) is 6.07 Å². The van der Waals surface area contributed by atoms with E-state index in [1.54, 1.807) is 35.5 Å². The van der Waals surface area contributed by atoms with Gasteiger partial charge in [-0.2, -0.15) is 5.10 Å². The molecule has 2 amide bonds. The van der Waals surface area contributed by atoms with Crippen molar-refractivity contribution in [3.8, 4) is 11.5 Å². The number of nitrogens with zero attached hydrogens (tertiary/aromatic N) is 4. The van der Waals surface area contributed by atoms with Crippen LogP contribution in [0.5, 0.6) is 11.5 Å². The summed E-state index contributed by atoms with van der Waals surface area (Å²) in [5.74, 6) is 1.26. The zero-order chi connectivity index (χ0) is 25.8. The summed E-state index contributed by atoms with van der Waals surface area (Å²) in [5.41, 5.74) is 1.69. The zero-order valence-corrected chi connectivity index (χ0v) is 22.2. The van der Waals surface area contributed by atoms with Crippen molar-refractivity contribution in [1.82, 2.24) is 14.8 Å². The van der Waals surface area contributed by atoms with Crippen LogP contribution in [0.2, 0.25) is 0 Å². The summed E-state index contributed by atoms with van der Waals surface area (Å²) < 4.78 is 16.6. The fraction of sp³-hybridized carbons (Fsp3) is 0.519. The van der Waals surface area contributed by atoms with Crippen LogP contribution in [0.4, 0.5) is 0 Å². The van der Waals surface area contributed by atoms with Crippen LogP contribution >= 0.6 is 11.3 Å². The van der Waals surface area contributed by atoms with Crippen LogP contribution in [-0.4, -0.2) is 92.5 Å². The van der Waals surface area contributed by atoms with E-state index in [0.29, 0.717) is 37.7 Å². The number of hydrogen-bond donors (Lipinski definition) is 0. The highest BCUT2D eigenvalue weighted by Gasteiger charge is 2.39. The van der Waals surface area contributed by atoms with E-state index in [1.807, 2.05) is 35.7 Å². The number of hydrogen-bond acceptors (Lipinski definition) is 8. The summed E-state index contributed by atoms with van der Waals surface area (Å²) in [7, 11) is 3.24. The minimum atomic E-state index is -0.355. The largest absolute Gasteiger partial charge is 0.497 e. The third-order valence-electron chi connectivity index (χ3n) is 7.12. The van der Waals surface area contributed by atoms with Crippen molar-refractivity contribution < 1.29 is 23.8 Å². The molecule has 1 aliphatic carbocycles. The average molecular weight is 527 g/mol. The fourth-order valence-corrected chi connectivity index (χ4v) is 5.57. The highest BCUT2D eigenvalue weighted by Crippen LogP contribution is 2.40. The molecular weight excluding hydrogens is 492 g/mol. The number of amides is 2. The van der Waals surface area contributed by atoms with Crippen LogP contribution in [0.3, 0.4) is 0 Å². The molecule has 0 N–H and O–H groups in total. The van der Waals surface area contributed by atoms with E-state index in [4.69, 9.17) is 19.3 Å². The van der Waals surface area contributed by atoms with E-state index in [2.05, 4.69) is 4.90 Å². The monoisotopic (exact) mass is 526 g/mol. The van der Waals surface area contributed by atoms with Crippen LogP contribution in [-0.2, 0) is 14.3 Å². The normalized spacial score (nSPS) is 20.0. The van der Waals surface area contributed by atoms with Crippen LogP contribution < -0.4 is 9.47 Å². The first-order valence-corrected chi connectivity index (χ1v) is 13.7. The minimum absolute atomic E-state index is 0.00365. The van der Waals surface area contributed by atoms with Crippen molar-refractivity contribution in [3.05, 3.63) is 46.2 Å². The topological polar surface area (TPSA) is 83.9 Å². The Morgan fingerprint density at radius 3 is 2.65 bits per heavy atom. The van der Waals surface area contributed by atoms with Crippen LogP contribution in [0.1, 0.15) is 35.7 Å². The van der Waals surface area contributed by atoms with Crippen molar-refractivity contribution in [2.75, 3.05) is 60.2 Å². The second-order valence-corrected chi connectivity index (χ2v) is 10.5. The van der Waals surface area contributed by atoms with Crippen molar-refractivity contribution in [3.63, 3.8) is 0 Å². The summed E-state index contributed by atoms with van der Waals surface area (Å²) in [6.07, 6.45) is 2.35. The molecule has 2 aromatic rings. The number of rotatable bonds is 10. The molecule has 0 spiro atoms. The lowest BCUT2D eigenvalue weighted by atomic mass is 9.99. The Balaban J connectivity index is 1.39. The Labute approximate surface area is 221 Å². The highest BCUT2D eigenvalue weighted by atomic mass is 32.1. The van der Waals surface area contributed by atoms with Crippen molar-refractivity contribution in [2.45, 2.75) is 25.3 Å². The lowest BCUT2D eigenvalue weighted by molar-refractivity contribution is -0.142. The lowest BCUT2D eigenvalue weighted by Gasteiger charge is -2.31. The number of carbonyl (C=O) groups is 2. The Morgan fingerprint density at radius 2 is 1.97 bits per heavy atom. The Morgan fingerprint density at radius 1 is 1.16 bits per heavy atom. The Bertz CT molecular complexity index is 1130. The summed E-state index contributed by atoms with van der Waals surface area (Å²) in [6.45, 7) is 4.34. The molecule has 1 unspecified atom stereocenters. The third-order valence-corrected chi connectivity index (χ3v) is 8.04. The summed E-state index contributed by atoms with van der Waals surface area (Å²) >= 11 is 1.60. The molecule has 37 heavy (non-hydrogen) atoms. The number of methoxy groups -OCH3 is 2. The molecule has 1 aromatic heterocycles. The van der Waals surface area contributed by atoms with Gasteiger partial charge in [0.15, 0.2) is 0 Å². The van der Waals surface area contributed by atoms with Gasteiger partial charge in [-0.25, -0.2) is 5.01 Å². The number of ether oxygens (including phenoxy) is 3. The molecule has 3 aliphatic rings. The van der Waals surface area contributed by atoms with E-state index >= 15 is 0 Å². The molecule has 10 heteroatoms. The molecule has 1 atom stereocenters. The maximum absolute atomic E-state index is 13.8. The highest BCUT2D eigenvalue weighted by molar-refractivity contribution is 7.12. The molecule has 1 saturated heterocycles. The van der Waals surface area contributed by atoms with E-state index in [-0.39, 0.29) is 30.3 Å². The van der Waals surface area contributed by atoms with Gasteiger partial charge < -0.3 is 19.1 Å².